The average Bonchev–Trinajstić information content (AvgIpc) is 2.08. The van der Waals surface area contributed by atoms with Gasteiger partial charge in [-0.2, -0.15) is 0 Å². The molecule has 0 N–H and O–H groups in total. The van der Waals surface area contributed by atoms with E-state index >= 15 is 0 Å². The molecule has 0 unspecified atom stereocenters. The van der Waals surface area contributed by atoms with E-state index in [1.54, 1.807) is 0 Å². The van der Waals surface area contributed by atoms with Crippen molar-refractivity contribution >= 4 is 11.8 Å². The van der Waals surface area contributed by atoms with Gasteiger partial charge in [0, 0.05) is 12.8 Å². The van der Waals surface area contributed by atoms with E-state index in [2.05, 4.69) is 0 Å². The zero-order chi connectivity index (χ0) is 9.84. The van der Waals surface area contributed by atoms with Crippen LogP contribution in [0.2, 0.25) is 0 Å². The monoisotopic (exact) mass is 184 g/mol. The smallest absolute Gasteiger partial charge is 0.308 e. The maximum absolute atomic E-state index is 11.2. The summed E-state index contributed by atoms with van der Waals surface area (Å²) in [5.74, 6) is 0.0637. The van der Waals surface area contributed by atoms with E-state index in [9.17, 15) is 9.59 Å². The highest BCUT2D eigenvalue weighted by atomic mass is 16.5. The predicted octanol–water partition coefficient (Wildman–Crippen LogP) is 1.70. The van der Waals surface area contributed by atoms with Crippen molar-refractivity contribution in [3.63, 3.8) is 0 Å². The van der Waals surface area contributed by atoms with Crippen molar-refractivity contribution in [1.82, 2.24) is 0 Å². The van der Waals surface area contributed by atoms with Gasteiger partial charge in [0.05, 0.1) is 5.92 Å². The van der Waals surface area contributed by atoms with Crippen LogP contribution in [0.3, 0.4) is 0 Å². The Morgan fingerprint density at radius 3 is 2.38 bits per heavy atom. The lowest BCUT2D eigenvalue weighted by Gasteiger charge is -2.22. The molecule has 0 spiro atoms. The number of Topliss-reactive ketones (excluding diaryl/α,β-unsaturated/α-hetero) is 1. The van der Waals surface area contributed by atoms with Crippen LogP contribution < -0.4 is 0 Å². The Bertz CT molecular complexity index is 198. The topological polar surface area (TPSA) is 43.4 Å². The van der Waals surface area contributed by atoms with Crippen molar-refractivity contribution in [2.45, 2.75) is 45.6 Å². The average molecular weight is 184 g/mol. The lowest BCUT2D eigenvalue weighted by Crippen LogP contribution is -2.26. The fourth-order valence-corrected chi connectivity index (χ4v) is 1.33. The van der Waals surface area contributed by atoms with Gasteiger partial charge in [-0.3, -0.25) is 9.59 Å². The van der Waals surface area contributed by atoms with Gasteiger partial charge in [-0.05, 0) is 12.8 Å². The Hall–Kier alpha value is -0.860. The summed E-state index contributed by atoms with van der Waals surface area (Å²) in [7, 11) is 0. The highest BCUT2D eigenvalue weighted by Gasteiger charge is 2.22. The molecular weight excluding hydrogens is 168 g/mol. The number of hydrogen-bond donors (Lipinski definition) is 0. The first-order valence-electron chi connectivity index (χ1n) is 4.82. The number of esters is 1. The maximum Gasteiger partial charge on any atom is 0.308 e. The van der Waals surface area contributed by atoms with Crippen LogP contribution in [-0.4, -0.2) is 17.9 Å². The van der Waals surface area contributed by atoms with E-state index < -0.39 is 0 Å². The van der Waals surface area contributed by atoms with Crippen LogP contribution in [0.5, 0.6) is 0 Å². The molecule has 0 aliphatic heterocycles. The summed E-state index contributed by atoms with van der Waals surface area (Å²) in [6.45, 7) is 3.63. The van der Waals surface area contributed by atoms with Crippen LogP contribution in [0.15, 0.2) is 0 Å². The largest absolute Gasteiger partial charge is 0.462 e. The minimum atomic E-state index is -0.153. The van der Waals surface area contributed by atoms with Gasteiger partial charge in [0.15, 0.2) is 0 Å². The summed E-state index contributed by atoms with van der Waals surface area (Å²) in [6, 6.07) is 0. The Morgan fingerprint density at radius 1 is 1.38 bits per heavy atom. The molecule has 1 rings (SSSR count). The van der Waals surface area contributed by atoms with E-state index in [0.717, 1.165) is 0 Å². The number of carbonyl (C=O) groups is 2. The Balaban J connectivity index is 2.30. The Morgan fingerprint density at radius 2 is 1.92 bits per heavy atom. The number of carbonyl (C=O) groups excluding carboxylic acids is 2. The van der Waals surface area contributed by atoms with E-state index in [-0.39, 0.29) is 23.8 Å². The molecule has 3 heteroatoms. The molecule has 0 saturated heterocycles. The summed E-state index contributed by atoms with van der Waals surface area (Å²) in [4.78, 5) is 22.1. The SMILES string of the molecule is CC(C)C(=O)OC1CCC(=O)CC1. The van der Waals surface area contributed by atoms with Gasteiger partial charge in [-0.25, -0.2) is 0 Å². The van der Waals surface area contributed by atoms with Crippen molar-refractivity contribution in [2.24, 2.45) is 5.92 Å². The van der Waals surface area contributed by atoms with Gasteiger partial charge >= 0.3 is 5.97 Å². The summed E-state index contributed by atoms with van der Waals surface area (Å²) in [6.07, 6.45) is 2.52. The molecule has 0 aromatic carbocycles. The zero-order valence-electron chi connectivity index (χ0n) is 8.21. The lowest BCUT2D eigenvalue weighted by atomic mass is 9.96. The van der Waals surface area contributed by atoms with Crippen LogP contribution in [0.25, 0.3) is 0 Å². The molecule has 13 heavy (non-hydrogen) atoms. The molecule has 0 heterocycles. The molecule has 1 aliphatic carbocycles. The van der Waals surface area contributed by atoms with Crippen LogP contribution in [0.4, 0.5) is 0 Å². The molecule has 3 nitrogen and oxygen atoms in total. The summed E-state index contributed by atoms with van der Waals surface area (Å²) < 4.78 is 5.21. The van der Waals surface area contributed by atoms with Crippen LogP contribution >= 0.6 is 0 Å². The van der Waals surface area contributed by atoms with Gasteiger partial charge in [-0.1, -0.05) is 13.8 Å². The molecule has 1 saturated carbocycles. The van der Waals surface area contributed by atoms with Gasteiger partial charge in [-0.15, -0.1) is 0 Å². The van der Waals surface area contributed by atoms with Crippen molar-refractivity contribution in [3.8, 4) is 0 Å². The maximum atomic E-state index is 11.2. The lowest BCUT2D eigenvalue weighted by molar-refractivity contribution is -0.155. The fourth-order valence-electron chi connectivity index (χ4n) is 1.33. The van der Waals surface area contributed by atoms with Crippen molar-refractivity contribution in [2.75, 3.05) is 0 Å². The second-order valence-electron chi connectivity index (χ2n) is 3.83. The second-order valence-corrected chi connectivity index (χ2v) is 3.83. The van der Waals surface area contributed by atoms with Crippen molar-refractivity contribution < 1.29 is 14.3 Å². The van der Waals surface area contributed by atoms with E-state index in [1.807, 2.05) is 13.8 Å². The number of ketones is 1. The number of rotatable bonds is 2. The predicted molar refractivity (Wildman–Crippen MR) is 48.2 cm³/mol. The third-order valence-corrected chi connectivity index (χ3v) is 2.24. The molecule has 0 aromatic heterocycles. The molecular formula is C10H16O3. The Labute approximate surface area is 78.5 Å². The van der Waals surface area contributed by atoms with Gasteiger partial charge in [0.25, 0.3) is 0 Å². The molecule has 1 fully saturated rings. The zero-order valence-corrected chi connectivity index (χ0v) is 8.21. The van der Waals surface area contributed by atoms with Gasteiger partial charge in [0.2, 0.25) is 0 Å². The summed E-state index contributed by atoms with van der Waals surface area (Å²) in [5, 5.41) is 0. The van der Waals surface area contributed by atoms with Crippen LogP contribution in [-0.2, 0) is 14.3 Å². The summed E-state index contributed by atoms with van der Waals surface area (Å²) >= 11 is 0. The summed E-state index contributed by atoms with van der Waals surface area (Å²) in [5.41, 5.74) is 0. The van der Waals surface area contributed by atoms with Gasteiger partial charge < -0.3 is 4.74 Å². The molecule has 1 aliphatic rings. The Kier molecular flexibility index (Phi) is 3.46. The third-order valence-electron chi connectivity index (χ3n) is 2.24. The van der Waals surface area contributed by atoms with E-state index in [1.165, 1.54) is 0 Å². The minimum absolute atomic E-state index is 0.0207. The molecule has 74 valence electrons. The normalized spacial score (nSPS) is 19.2. The highest BCUT2D eigenvalue weighted by molar-refractivity contribution is 5.79. The van der Waals surface area contributed by atoms with Crippen molar-refractivity contribution in [1.29, 1.82) is 0 Å². The van der Waals surface area contributed by atoms with Crippen LogP contribution in [0, 0.1) is 5.92 Å². The number of ether oxygens (including phenoxy) is 1. The van der Waals surface area contributed by atoms with E-state index in [0.29, 0.717) is 25.7 Å². The molecule has 0 radical (unpaired) electrons. The number of hydrogen-bond acceptors (Lipinski definition) is 3. The minimum Gasteiger partial charge on any atom is -0.462 e. The molecule has 0 amide bonds. The van der Waals surface area contributed by atoms with Crippen molar-refractivity contribution in [3.05, 3.63) is 0 Å². The second kappa shape index (κ2) is 4.40. The van der Waals surface area contributed by atoms with Gasteiger partial charge in [0.1, 0.15) is 11.9 Å². The molecule has 0 atom stereocenters. The fraction of sp³-hybridized carbons (Fsp3) is 0.800. The first-order chi connectivity index (χ1) is 6.09. The highest BCUT2D eigenvalue weighted by Crippen LogP contribution is 2.18. The third kappa shape index (κ3) is 3.17. The first-order valence-corrected chi connectivity index (χ1v) is 4.82. The van der Waals surface area contributed by atoms with E-state index in [4.69, 9.17) is 4.74 Å². The van der Waals surface area contributed by atoms with Crippen LogP contribution in [0.1, 0.15) is 39.5 Å². The molecule has 0 bridgehead atoms. The molecule has 0 aromatic rings. The quantitative estimate of drug-likeness (QED) is 0.613. The standard InChI is InChI=1S/C10H16O3/c1-7(2)10(12)13-9-5-3-8(11)4-6-9/h7,9H,3-6H2,1-2H3. The first kappa shape index (κ1) is 10.2.